The van der Waals surface area contributed by atoms with Gasteiger partial charge in [-0.1, -0.05) is 24.3 Å². The number of nitrogen functional groups attached to an aromatic ring is 1. The molecule has 1 rings (SSSR count). The molecule has 3 N–H and O–H groups in total. The summed E-state index contributed by atoms with van der Waals surface area (Å²) in [6.45, 7) is 0. The van der Waals surface area contributed by atoms with Gasteiger partial charge < -0.3 is 5.73 Å². The van der Waals surface area contributed by atoms with Crippen LogP contribution in [-0.4, -0.2) is 12.0 Å². The fourth-order valence-corrected chi connectivity index (χ4v) is 1.02. The van der Waals surface area contributed by atoms with Crippen LogP contribution in [0.25, 0.3) is 0 Å². The van der Waals surface area contributed by atoms with Gasteiger partial charge in [0.15, 0.2) is 0 Å². The molecule has 0 radical (unpaired) electrons. The molecule has 0 bridgehead atoms. The molecule has 1 aromatic rings. The lowest BCUT2D eigenvalue weighted by Gasteiger charge is -2.19. The van der Waals surface area contributed by atoms with Crippen molar-refractivity contribution in [2.75, 3.05) is 0 Å². The summed E-state index contributed by atoms with van der Waals surface area (Å²) in [7, 11) is 0. The zero-order valence-corrected chi connectivity index (χ0v) is 9.00. The minimum atomic E-state index is -5.63. The average Bonchev–Trinajstić information content (AvgIpc) is 2.16. The number of nitrogens with one attached hydrogen (secondary N) is 1. The Bertz CT molecular complexity index is 399. The highest BCUT2D eigenvalue weighted by Crippen LogP contribution is 2.43. The first kappa shape index (κ1) is 15.6. The van der Waals surface area contributed by atoms with Gasteiger partial charge in [0.1, 0.15) is 5.84 Å². The first-order valence-electron chi connectivity index (χ1n) is 4.05. The van der Waals surface area contributed by atoms with Gasteiger partial charge in [0.2, 0.25) is 0 Å². The number of hydrogen-bond donors (Lipinski definition) is 2. The van der Waals surface area contributed by atoms with Crippen molar-refractivity contribution in [3.05, 3.63) is 35.4 Å². The van der Waals surface area contributed by atoms with Crippen LogP contribution < -0.4 is 5.73 Å². The van der Waals surface area contributed by atoms with E-state index in [1.807, 2.05) is 0 Å². The number of alkyl halides is 5. The van der Waals surface area contributed by atoms with Crippen molar-refractivity contribution in [1.82, 2.24) is 0 Å². The molecular weight excluding hydrogens is 267 g/mol. The minimum Gasteiger partial charge on any atom is -0.384 e. The second-order valence-corrected chi connectivity index (χ2v) is 3.06. The maximum absolute atomic E-state index is 12.8. The third-order valence-corrected chi connectivity index (χ3v) is 1.91. The van der Waals surface area contributed by atoms with E-state index in [1.54, 1.807) is 0 Å². The summed E-state index contributed by atoms with van der Waals surface area (Å²) < 4.78 is 61.5. The lowest BCUT2D eigenvalue weighted by atomic mass is 10.1. The molecule has 0 aromatic heterocycles. The second-order valence-electron chi connectivity index (χ2n) is 3.06. The predicted molar refractivity (Wildman–Crippen MR) is 54.7 cm³/mol. The van der Waals surface area contributed by atoms with Gasteiger partial charge in [-0.25, -0.2) is 0 Å². The number of rotatable bonds is 2. The molecule has 0 amide bonds. The normalized spacial score (nSPS) is 11.8. The van der Waals surface area contributed by atoms with Crippen LogP contribution in [-0.2, 0) is 5.92 Å². The molecule has 17 heavy (non-hydrogen) atoms. The SMILES string of the molecule is Cl.N=C(N)c1ccc(C(F)(F)C(F)(F)F)cc1. The van der Waals surface area contributed by atoms with E-state index in [0.29, 0.717) is 12.1 Å². The van der Waals surface area contributed by atoms with Crippen LogP contribution in [0, 0.1) is 5.41 Å². The van der Waals surface area contributed by atoms with E-state index in [4.69, 9.17) is 11.1 Å². The van der Waals surface area contributed by atoms with E-state index in [9.17, 15) is 22.0 Å². The second kappa shape index (κ2) is 4.87. The van der Waals surface area contributed by atoms with Crippen LogP contribution in [0.1, 0.15) is 11.1 Å². The minimum absolute atomic E-state index is 0. The number of benzene rings is 1. The summed E-state index contributed by atoms with van der Waals surface area (Å²) >= 11 is 0. The third kappa shape index (κ3) is 3.06. The van der Waals surface area contributed by atoms with Gasteiger partial charge in [0.25, 0.3) is 0 Å². The van der Waals surface area contributed by atoms with E-state index < -0.39 is 23.5 Å². The Morgan fingerprint density at radius 1 is 1.00 bits per heavy atom. The lowest BCUT2D eigenvalue weighted by molar-refractivity contribution is -0.289. The third-order valence-electron chi connectivity index (χ3n) is 1.91. The molecule has 8 heteroatoms. The fourth-order valence-electron chi connectivity index (χ4n) is 1.02. The van der Waals surface area contributed by atoms with Gasteiger partial charge in [0.05, 0.1) is 0 Å². The highest BCUT2D eigenvalue weighted by atomic mass is 35.5. The van der Waals surface area contributed by atoms with Gasteiger partial charge in [0, 0.05) is 11.1 Å². The highest BCUT2D eigenvalue weighted by molar-refractivity contribution is 5.94. The monoisotopic (exact) mass is 274 g/mol. The largest absolute Gasteiger partial charge is 0.458 e. The Labute approximate surface area is 99.5 Å². The Morgan fingerprint density at radius 2 is 1.41 bits per heavy atom. The van der Waals surface area contributed by atoms with Gasteiger partial charge in [-0.3, -0.25) is 5.41 Å². The fraction of sp³-hybridized carbons (Fsp3) is 0.222. The number of hydrogen-bond acceptors (Lipinski definition) is 1. The van der Waals surface area contributed by atoms with E-state index in [1.165, 1.54) is 0 Å². The topological polar surface area (TPSA) is 49.9 Å². The Balaban J connectivity index is 0.00000256. The summed E-state index contributed by atoms with van der Waals surface area (Å²) in [6, 6.07) is 3.09. The predicted octanol–water partition coefficient (Wildman–Crippen LogP) is 3.05. The molecule has 0 aliphatic rings. The summed E-state index contributed by atoms with van der Waals surface area (Å²) in [5, 5.41) is 6.95. The van der Waals surface area contributed by atoms with Crippen molar-refractivity contribution in [3.63, 3.8) is 0 Å². The van der Waals surface area contributed by atoms with Crippen molar-refractivity contribution in [3.8, 4) is 0 Å². The molecule has 1 aromatic carbocycles. The van der Waals surface area contributed by atoms with E-state index in [2.05, 4.69) is 0 Å². The Hall–Kier alpha value is -1.37. The molecule has 0 saturated heterocycles. The van der Waals surface area contributed by atoms with Gasteiger partial charge >= 0.3 is 12.1 Å². The molecule has 0 aliphatic carbocycles. The molecule has 0 fully saturated rings. The summed E-state index contributed by atoms with van der Waals surface area (Å²) in [5.41, 5.74) is 3.94. The van der Waals surface area contributed by atoms with Crippen LogP contribution in [0.4, 0.5) is 22.0 Å². The quantitative estimate of drug-likeness (QED) is 0.486. The highest BCUT2D eigenvalue weighted by Gasteiger charge is 2.58. The van der Waals surface area contributed by atoms with E-state index >= 15 is 0 Å². The number of amidine groups is 1. The summed E-state index contributed by atoms with van der Waals surface area (Å²) in [6.07, 6.45) is -5.63. The number of nitrogens with two attached hydrogens (primary N) is 1. The molecule has 0 spiro atoms. The molecule has 96 valence electrons. The van der Waals surface area contributed by atoms with Crippen molar-refractivity contribution >= 4 is 18.2 Å². The van der Waals surface area contributed by atoms with Crippen LogP contribution in [0.2, 0.25) is 0 Å². The summed E-state index contributed by atoms with van der Waals surface area (Å²) in [5.74, 6) is -5.30. The number of halogens is 6. The Morgan fingerprint density at radius 3 is 1.71 bits per heavy atom. The average molecular weight is 275 g/mol. The van der Waals surface area contributed by atoms with E-state index in [0.717, 1.165) is 12.1 Å². The molecular formula is C9H8ClF5N2. The molecule has 0 heterocycles. The first-order chi connectivity index (χ1) is 7.16. The molecule has 0 atom stereocenters. The van der Waals surface area contributed by atoms with Crippen LogP contribution in [0.3, 0.4) is 0 Å². The maximum Gasteiger partial charge on any atom is 0.458 e. The Kier molecular flexibility index (Phi) is 4.48. The van der Waals surface area contributed by atoms with Gasteiger partial charge in [-0.2, -0.15) is 22.0 Å². The lowest BCUT2D eigenvalue weighted by Crippen LogP contribution is -2.33. The van der Waals surface area contributed by atoms with Crippen molar-refractivity contribution < 1.29 is 22.0 Å². The first-order valence-corrected chi connectivity index (χ1v) is 4.05. The van der Waals surface area contributed by atoms with Gasteiger partial charge in [-0.15, -0.1) is 12.4 Å². The molecule has 0 saturated carbocycles. The zero-order valence-electron chi connectivity index (χ0n) is 8.18. The van der Waals surface area contributed by atoms with Crippen molar-refractivity contribution in [2.24, 2.45) is 5.73 Å². The maximum atomic E-state index is 12.8. The standard InChI is InChI=1S/C9H7F5N2.ClH/c10-8(11,9(12,13)14)6-3-1-5(2-4-6)7(15)16;/h1-4H,(H3,15,16);1H. The van der Waals surface area contributed by atoms with Crippen molar-refractivity contribution in [1.29, 1.82) is 5.41 Å². The van der Waals surface area contributed by atoms with Crippen LogP contribution >= 0.6 is 12.4 Å². The van der Waals surface area contributed by atoms with Crippen LogP contribution in [0.15, 0.2) is 24.3 Å². The summed E-state index contributed by atoms with van der Waals surface area (Å²) in [4.78, 5) is 0. The van der Waals surface area contributed by atoms with Crippen molar-refractivity contribution in [2.45, 2.75) is 12.1 Å². The van der Waals surface area contributed by atoms with Gasteiger partial charge in [-0.05, 0) is 0 Å². The van der Waals surface area contributed by atoms with Crippen LogP contribution in [0.5, 0.6) is 0 Å². The molecule has 2 nitrogen and oxygen atoms in total. The molecule has 0 aliphatic heterocycles. The molecule has 0 unspecified atom stereocenters. The van der Waals surface area contributed by atoms with E-state index in [-0.39, 0.29) is 18.0 Å². The smallest absolute Gasteiger partial charge is 0.384 e. The zero-order chi connectivity index (χ0) is 12.6.